The van der Waals surface area contributed by atoms with Gasteiger partial charge in [0.05, 0.1) is 22.2 Å². The number of β-amino-alcohol motifs (C(OH)–C–C–N with tert-alkyl or cyclic N) is 1. The first-order valence-corrected chi connectivity index (χ1v) is 16.9. The SMILES string of the molecule is Cc1ncsc1-c1ccc(CNC(=O)C2C[C@@H](O)CN2C(=O)[C@@H](NC(=O)CCCCCCNC(=O)OC(C)(C)C)C(C)(C)C)cc1. The second-order valence-electron chi connectivity index (χ2n) is 14.0. The number of rotatable bonds is 13. The fourth-order valence-corrected chi connectivity index (χ4v) is 6.09. The highest BCUT2D eigenvalue weighted by Crippen LogP contribution is 2.28. The zero-order valence-electron chi connectivity index (χ0n) is 28.3. The lowest BCUT2D eigenvalue weighted by atomic mass is 9.85. The average molecular weight is 658 g/mol. The van der Waals surface area contributed by atoms with Crippen molar-refractivity contribution in [1.29, 1.82) is 0 Å². The number of thiazole rings is 1. The number of ether oxygens (including phenoxy) is 1. The van der Waals surface area contributed by atoms with Gasteiger partial charge >= 0.3 is 6.09 Å². The van der Waals surface area contributed by atoms with Crippen LogP contribution in [0.2, 0.25) is 0 Å². The molecule has 46 heavy (non-hydrogen) atoms. The number of aromatic nitrogens is 1. The van der Waals surface area contributed by atoms with Crippen molar-refractivity contribution in [3.8, 4) is 10.4 Å². The lowest BCUT2D eigenvalue weighted by Crippen LogP contribution is -2.57. The number of likely N-dealkylation sites (tertiary alicyclic amines) is 1. The minimum absolute atomic E-state index is 0.0274. The molecule has 2 heterocycles. The Morgan fingerprint density at radius 2 is 1.70 bits per heavy atom. The topological polar surface area (TPSA) is 150 Å². The van der Waals surface area contributed by atoms with E-state index >= 15 is 0 Å². The summed E-state index contributed by atoms with van der Waals surface area (Å²) in [4.78, 5) is 58.5. The van der Waals surface area contributed by atoms with Gasteiger partial charge in [-0.1, -0.05) is 57.9 Å². The summed E-state index contributed by atoms with van der Waals surface area (Å²) in [5, 5.41) is 19.0. The molecule has 0 spiro atoms. The van der Waals surface area contributed by atoms with Crippen molar-refractivity contribution < 1.29 is 29.0 Å². The molecule has 0 aliphatic carbocycles. The fourth-order valence-electron chi connectivity index (χ4n) is 5.28. The number of aliphatic hydroxyl groups is 1. The van der Waals surface area contributed by atoms with E-state index in [9.17, 15) is 24.3 Å². The Morgan fingerprint density at radius 1 is 1.02 bits per heavy atom. The minimum atomic E-state index is -0.860. The van der Waals surface area contributed by atoms with Crippen LogP contribution in [0.3, 0.4) is 0 Å². The molecule has 1 saturated heterocycles. The third-order valence-electron chi connectivity index (χ3n) is 7.71. The molecule has 1 aromatic heterocycles. The predicted octanol–water partition coefficient (Wildman–Crippen LogP) is 4.70. The molecule has 4 amide bonds. The van der Waals surface area contributed by atoms with E-state index in [0.29, 0.717) is 13.0 Å². The standard InChI is InChI=1S/C34H51N5O6S/c1-22-28(46-21-37-22)24-15-13-23(14-16-24)19-36-30(42)26-18-25(40)20-39(26)31(43)29(33(2,3)4)38-27(41)12-10-8-9-11-17-35-32(44)45-34(5,6)7/h13-16,21,25-26,29,40H,8-12,17-20H2,1-7H3,(H,35,44)(H,36,42)(H,38,41)/t25-,26?,29-/m1/s1. The molecule has 11 nitrogen and oxygen atoms in total. The quantitative estimate of drug-likeness (QED) is 0.228. The maximum Gasteiger partial charge on any atom is 0.407 e. The number of carbonyl (C=O) groups is 4. The first-order chi connectivity index (χ1) is 21.5. The van der Waals surface area contributed by atoms with E-state index in [1.54, 1.807) is 11.3 Å². The Balaban J connectivity index is 1.49. The van der Waals surface area contributed by atoms with E-state index in [4.69, 9.17) is 4.74 Å². The highest BCUT2D eigenvalue weighted by atomic mass is 32.1. The highest BCUT2D eigenvalue weighted by molar-refractivity contribution is 7.13. The summed E-state index contributed by atoms with van der Waals surface area (Å²) < 4.78 is 5.22. The molecule has 1 aliphatic heterocycles. The van der Waals surface area contributed by atoms with E-state index in [2.05, 4.69) is 20.9 Å². The van der Waals surface area contributed by atoms with Gasteiger partial charge in [-0.25, -0.2) is 9.78 Å². The van der Waals surface area contributed by atoms with Crippen molar-refractivity contribution in [3.63, 3.8) is 0 Å². The second kappa shape index (κ2) is 16.4. The Bertz CT molecular complexity index is 1330. The molecule has 3 rings (SSSR count). The van der Waals surface area contributed by atoms with Crippen molar-refractivity contribution in [2.24, 2.45) is 5.41 Å². The van der Waals surface area contributed by atoms with Crippen LogP contribution in [0.4, 0.5) is 4.79 Å². The number of hydrogen-bond donors (Lipinski definition) is 4. The molecule has 4 N–H and O–H groups in total. The van der Waals surface area contributed by atoms with Crippen LogP contribution in [0.15, 0.2) is 29.8 Å². The van der Waals surface area contributed by atoms with Gasteiger partial charge in [-0.05, 0) is 57.1 Å². The Morgan fingerprint density at radius 3 is 2.30 bits per heavy atom. The lowest BCUT2D eigenvalue weighted by molar-refractivity contribution is -0.144. The van der Waals surface area contributed by atoms with Gasteiger partial charge in [0.2, 0.25) is 17.7 Å². The van der Waals surface area contributed by atoms with Gasteiger partial charge in [0.25, 0.3) is 0 Å². The van der Waals surface area contributed by atoms with E-state index in [0.717, 1.165) is 41.0 Å². The van der Waals surface area contributed by atoms with E-state index in [1.807, 2.05) is 78.2 Å². The molecule has 1 aliphatic rings. The number of aliphatic hydroxyl groups excluding tert-OH is 1. The minimum Gasteiger partial charge on any atom is -0.444 e. The third-order valence-corrected chi connectivity index (χ3v) is 8.69. The molecule has 0 saturated carbocycles. The lowest BCUT2D eigenvalue weighted by Gasteiger charge is -2.35. The first-order valence-electron chi connectivity index (χ1n) is 16.1. The molecule has 0 bridgehead atoms. The average Bonchev–Trinajstić information content (AvgIpc) is 3.57. The molecule has 254 valence electrons. The number of nitrogens with zero attached hydrogens (tertiary/aromatic N) is 2. The number of alkyl carbamates (subject to hydrolysis) is 1. The van der Waals surface area contributed by atoms with Gasteiger partial charge < -0.3 is 30.7 Å². The molecular formula is C34H51N5O6S. The van der Waals surface area contributed by atoms with Crippen LogP contribution < -0.4 is 16.0 Å². The molecule has 1 aromatic carbocycles. The summed E-state index contributed by atoms with van der Waals surface area (Å²) in [6.45, 7) is 13.8. The van der Waals surface area contributed by atoms with Crippen molar-refractivity contribution >= 4 is 35.2 Å². The smallest absolute Gasteiger partial charge is 0.407 e. The van der Waals surface area contributed by atoms with Crippen LogP contribution in [0, 0.1) is 12.3 Å². The molecule has 0 radical (unpaired) electrons. The molecule has 1 fully saturated rings. The van der Waals surface area contributed by atoms with Gasteiger partial charge in [0, 0.05) is 32.5 Å². The van der Waals surface area contributed by atoms with Gasteiger partial charge in [-0.15, -0.1) is 11.3 Å². The number of carbonyl (C=O) groups excluding carboxylic acids is 4. The second-order valence-corrected chi connectivity index (χ2v) is 14.9. The summed E-state index contributed by atoms with van der Waals surface area (Å²) in [7, 11) is 0. The Kier molecular flexibility index (Phi) is 13.1. The van der Waals surface area contributed by atoms with Gasteiger partial charge in [0.15, 0.2) is 0 Å². The number of unbranched alkanes of at least 4 members (excludes halogenated alkanes) is 3. The Labute approximate surface area is 276 Å². The van der Waals surface area contributed by atoms with E-state index in [1.165, 1.54) is 4.90 Å². The van der Waals surface area contributed by atoms with Crippen molar-refractivity contribution in [3.05, 3.63) is 41.0 Å². The summed E-state index contributed by atoms with van der Waals surface area (Å²) in [5.74, 6) is -0.958. The summed E-state index contributed by atoms with van der Waals surface area (Å²) >= 11 is 1.58. The van der Waals surface area contributed by atoms with Gasteiger partial charge in [0.1, 0.15) is 17.7 Å². The van der Waals surface area contributed by atoms with Crippen molar-refractivity contribution in [2.75, 3.05) is 13.1 Å². The van der Waals surface area contributed by atoms with Crippen LogP contribution >= 0.6 is 11.3 Å². The van der Waals surface area contributed by atoms with E-state index < -0.39 is 35.3 Å². The number of amides is 4. The van der Waals surface area contributed by atoms with Crippen LogP contribution in [0.1, 0.15) is 91.3 Å². The van der Waals surface area contributed by atoms with Crippen molar-refractivity contribution in [1.82, 2.24) is 25.8 Å². The Hall–Kier alpha value is -3.51. The zero-order chi connectivity index (χ0) is 34.1. The monoisotopic (exact) mass is 657 g/mol. The fraction of sp³-hybridized carbons (Fsp3) is 0.618. The molecule has 12 heteroatoms. The predicted molar refractivity (Wildman–Crippen MR) is 179 cm³/mol. The largest absolute Gasteiger partial charge is 0.444 e. The summed E-state index contributed by atoms with van der Waals surface area (Å²) in [6, 6.07) is 6.20. The number of hydrogen-bond acceptors (Lipinski definition) is 8. The van der Waals surface area contributed by atoms with Gasteiger partial charge in [-0.2, -0.15) is 0 Å². The van der Waals surface area contributed by atoms with Gasteiger partial charge in [-0.3, -0.25) is 14.4 Å². The van der Waals surface area contributed by atoms with Crippen molar-refractivity contribution in [2.45, 2.75) is 117 Å². The van der Waals surface area contributed by atoms with Crippen LogP contribution in [0.5, 0.6) is 0 Å². The number of benzene rings is 1. The third kappa shape index (κ3) is 11.4. The number of aryl methyl sites for hydroxylation is 1. The zero-order valence-corrected chi connectivity index (χ0v) is 29.1. The normalized spacial score (nSPS) is 17.3. The highest BCUT2D eigenvalue weighted by Gasteiger charge is 2.44. The maximum absolute atomic E-state index is 13.8. The van der Waals surface area contributed by atoms with E-state index in [-0.39, 0.29) is 43.7 Å². The molecule has 3 atom stereocenters. The van der Waals surface area contributed by atoms with Crippen LogP contribution in [-0.2, 0) is 25.7 Å². The molecular weight excluding hydrogens is 606 g/mol. The van der Waals surface area contributed by atoms with Crippen LogP contribution in [-0.4, -0.2) is 75.7 Å². The molecule has 1 unspecified atom stereocenters. The number of nitrogens with one attached hydrogen (secondary N) is 3. The maximum atomic E-state index is 13.8. The summed E-state index contributed by atoms with van der Waals surface area (Å²) in [5.41, 5.74) is 3.61. The van der Waals surface area contributed by atoms with Crippen LogP contribution in [0.25, 0.3) is 10.4 Å². The molecule has 2 aromatic rings. The first kappa shape index (κ1) is 37.0. The summed E-state index contributed by atoms with van der Waals surface area (Å²) in [6.07, 6.45) is 2.16.